The number of rotatable bonds is 4. The maximum absolute atomic E-state index is 5.86. The largest absolute Gasteiger partial charge is 0.327 e. The van der Waals surface area contributed by atoms with Crippen molar-refractivity contribution >= 4 is 0 Å². The van der Waals surface area contributed by atoms with E-state index < -0.39 is 0 Å². The number of hydrogen-bond donors (Lipinski definition) is 1. The summed E-state index contributed by atoms with van der Waals surface area (Å²) >= 11 is 0. The van der Waals surface area contributed by atoms with Crippen LogP contribution < -0.4 is 5.73 Å². The molecule has 0 aliphatic heterocycles. The first-order valence-electron chi connectivity index (χ1n) is 5.04. The molecule has 0 amide bonds. The van der Waals surface area contributed by atoms with Crippen molar-refractivity contribution in [3.8, 4) is 12.3 Å². The molecule has 2 atom stereocenters. The van der Waals surface area contributed by atoms with E-state index in [1.165, 1.54) is 6.42 Å². The van der Waals surface area contributed by atoms with Crippen LogP contribution in [0, 0.1) is 23.7 Å². The highest BCUT2D eigenvalue weighted by molar-refractivity contribution is 4.89. The van der Waals surface area contributed by atoms with E-state index in [0.29, 0.717) is 17.8 Å². The molecule has 13 heavy (non-hydrogen) atoms. The van der Waals surface area contributed by atoms with Crippen LogP contribution in [-0.2, 0) is 0 Å². The predicted octanol–water partition coefficient (Wildman–Crippen LogP) is 2.80. The molecule has 0 aromatic heterocycles. The fraction of sp³-hybridized carbons (Fsp3) is 0.833. The third-order valence-electron chi connectivity index (χ3n) is 2.05. The summed E-state index contributed by atoms with van der Waals surface area (Å²) in [5.74, 6) is 3.28. The zero-order valence-electron chi connectivity index (χ0n) is 9.43. The quantitative estimate of drug-likeness (QED) is 0.663. The molecule has 1 nitrogen and oxygen atoms in total. The van der Waals surface area contributed by atoms with Crippen molar-refractivity contribution < 1.29 is 0 Å². The Morgan fingerprint density at radius 1 is 1.38 bits per heavy atom. The SMILES string of the molecule is C#CCC(N)CC(C)CC(C)(C)C. The summed E-state index contributed by atoms with van der Waals surface area (Å²) in [5, 5.41) is 0. The summed E-state index contributed by atoms with van der Waals surface area (Å²) in [6.45, 7) is 9.03. The van der Waals surface area contributed by atoms with Gasteiger partial charge in [-0.1, -0.05) is 27.7 Å². The molecular weight excluding hydrogens is 158 g/mol. The first kappa shape index (κ1) is 12.5. The van der Waals surface area contributed by atoms with E-state index in [0.717, 1.165) is 6.42 Å². The lowest BCUT2D eigenvalue weighted by atomic mass is 9.83. The minimum Gasteiger partial charge on any atom is -0.327 e. The molecule has 0 fully saturated rings. The topological polar surface area (TPSA) is 26.0 Å². The van der Waals surface area contributed by atoms with E-state index in [1.54, 1.807) is 0 Å². The van der Waals surface area contributed by atoms with Crippen LogP contribution in [0.5, 0.6) is 0 Å². The molecule has 0 aliphatic carbocycles. The number of hydrogen-bond acceptors (Lipinski definition) is 1. The van der Waals surface area contributed by atoms with Gasteiger partial charge in [0, 0.05) is 12.5 Å². The summed E-state index contributed by atoms with van der Waals surface area (Å²) in [4.78, 5) is 0. The van der Waals surface area contributed by atoms with E-state index in [9.17, 15) is 0 Å². The molecule has 76 valence electrons. The number of nitrogens with two attached hydrogens (primary N) is 1. The Morgan fingerprint density at radius 2 is 1.92 bits per heavy atom. The average Bonchev–Trinajstić information content (AvgIpc) is 1.81. The molecule has 0 radical (unpaired) electrons. The molecule has 0 bridgehead atoms. The monoisotopic (exact) mass is 181 g/mol. The fourth-order valence-corrected chi connectivity index (χ4v) is 1.88. The van der Waals surface area contributed by atoms with Crippen LogP contribution in [0.1, 0.15) is 47.0 Å². The lowest BCUT2D eigenvalue weighted by Gasteiger charge is -2.24. The molecule has 2 unspecified atom stereocenters. The second kappa shape index (κ2) is 5.29. The van der Waals surface area contributed by atoms with E-state index in [1.807, 2.05) is 0 Å². The predicted molar refractivity (Wildman–Crippen MR) is 59.3 cm³/mol. The highest BCUT2D eigenvalue weighted by atomic mass is 14.6. The highest BCUT2D eigenvalue weighted by Crippen LogP contribution is 2.26. The van der Waals surface area contributed by atoms with E-state index in [4.69, 9.17) is 12.2 Å². The Hall–Kier alpha value is -0.480. The third-order valence-corrected chi connectivity index (χ3v) is 2.05. The van der Waals surface area contributed by atoms with Gasteiger partial charge in [0.05, 0.1) is 0 Å². The van der Waals surface area contributed by atoms with Gasteiger partial charge >= 0.3 is 0 Å². The minimum atomic E-state index is 0.183. The van der Waals surface area contributed by atoms with Gasteiger partial charge in [-0.15, -0.1) is 12.3 Å². The Morgan fingerprint density at radius 3 is 2.31 bits per heavy atom. The summed E-state index contributed by atoms with van der Waals surface area (Å²) in [6.07, 6.45) is 8.16. The normalized spacial score (nSPS) is 16.3. The maximum atomic E-state index is 5.86. The van der Waals surface area contributed by atoms with Gasteiger partial charge in [0.25, 0.3) is 0 Å². The number of terminal acetylenes is 1. The van der Waals surface area contributed by atoms with Gasteiger partial charge in [-0.2, -0.15) is 0 Å². The van der Waals surface area contributed by atoms with Crippen molar-refractivity contribution in [2.24, 2.45) is 17.1 Å². The molecular formula is C12H23N. The van der Waals surface area contributed by atoms with Crippen LogP contribution in [0.4, 0.5) is 0 Å². The molecule has 0 saturated heterocycles. The van der Waals surface area contributed by atoms with Crippen LogP contribution >= 0.6 is 0 Å². The molecule has 1 heteroatoms. The van der Waals surface area contributed by atoms with Gasteiger partial charge in [0.15, 0.2) is 0 Å². The maximum Gasteiger partial charge on any atom is 0.0238 e. The molecule has 0 saturated carbocycles. The summed E-state index contributed by atoms with van der Waals surface area (Å²) in [7, 11) is 0. The van der Waals surface area contributed by atoms with E-state index in [-0.39, 0.29) is 6.04 Å². The molecule has 0 aromatic rings. The van der Waals surface area contributed by atoms with Gasteiger partial charge in [-0.05, 0) is 24.2 Å². The minimum absolute atomic E-state index is 0.183. The van der Waals surface area contributed by atoms with Crippen molar-refractivity contribution in [1.29, 1.82) is 0 Å². The smallest absolute Gasteiger partial charge is 0.0238 e. The Kier molecular flexibility index (Phi) is 5.10. The average molecular weight is 181 g/mol. The van der Waals surface area contributed by atoms with Crippen molar-refractivity contribution in [3.63, 3.8) is 0 Å². The molecule has 0 rings (SSSR count). The van der Waals surface area contributed by atoms with Gasteiger partial charge < -0.3 is 5.73 Å². The van der Waals surface area contributed by atoms with E-state index >= 15 is 0 Å². The lowest BCUT2D eigenvalue weighted by Crippen LogP contribution is -2.24. The summed E-state index contributed by atoms with van der Waals surface area (Å²) < 4.78 is 0. The van der Waals surface area contributed by atoms with E-state index in [2.05, 4.69) is 33.6 Å². The van der Waals surface area contributed by atoms with Gasteiger partial charge in [0.1, 0.15) is 0 Å². The van der Waals surface area contributed by atoms with Crippen molar-refractivity contribution in [1.82, 2.24) is 0 Å². The second-order valence-electron chi connectivity index (χ2n) is 5.27. The van der Waals surface area contributed by atoms with Crippen molar-refractivity contribution in [3.05, 3.63) is 0 Å². The first-order valence-corrected chi connectivity index (χ1v) is 5.04. The summed E-state index contributed by atoms with van der Waals surface area (Å²) in [6, 6.07) is 0.183. The summed E-state index contributed by atoms with van der Waals surface area (Å²) in [5.41, 5.74) is 6.26. The lowest BCUT2D eigenvalue weighted by molar-refractivity contribution is 0.286. The van der Waals surface area contributed by atoms with Crippen molar-refractivity contribution in [2.45, 2.75) is 53.0 Å². The third kappa shape index (κ3) is 7.87. The Balaban J connectivity index is 3.75. The second-order valence-corrected chi connectivity index (χ2v) is 5.27. The molecule has 0 aliphatic rings. The van der Waals surface area contributed by atoms with Crippen LogP contribution in [-0.4, -0.2) is 6.04 Å². The van der Waals surface area contributed by atoms with Gasteiger partial charge in [-0.3, -0.25) is 0 Å². The molecule has 0 heterocycles. The van der Waals surface area contributed by atoms with Crippen molar-refractivity contribution in [2.75, 3.05) is 0 Å². The molecule has 0 aromatic carbocycles. The first-order chi connectivity index (χ1) is 5.85. The van der Waals surface area contributed by atoms with Crippen LogP contribution in [0.2, 0.25) is 0 Å². The highest BCUT2D eigenvalue weighted by Gasteiger charge is 2.16. The molecule has 0 spiro atoms. The fourth-order valence-electron chi connectivity index (χ4n) is 1.88. The zero-order valence-corrected chi connectivity index (χ0v) is 9.43. The Labute approximate surface area is 83.1 Å². The van der Waals surface area contributed by atoms with Crippen LogP contribution in [0.25, 0.3) is 0 Å². The zero-order chi connectivity index (χ0) is 10.5. The van der Waals surface area contributed by atoms with Crippen LogP contribution in [0.3, 0.4) is 0 Å². The van der Waals surface area contributed by atoms with Gasteiger partial charge in [0.2, 0.25) is 0 Å². The Bertz CT molecular complexity index is 171. The standard InChI is InChI=1S/C12H23N/c1-6-7-11(13)8-10(2)9-12(3,4)5/h1,10-11H,7-9,13H2,2-5H3. The van der Waals surface area contributed by atoms with Gasteiger partial charge in [-0.25, -0.2) is 0 Å². The molecule has 2 N–H and O–H groups in total. The van der Waals surface area contributed by atoms with Crippen LogP contribution in [0.15, 0.2) is 0 Å².